The van der Waals surface area contributed by atoms with Gasteiger partial charge in [0.2, 0.25) is 5.88 Å². The minimum absolute atomic E-state index is 0.0112. The number of hydrogen-bond donors (Lipinski definition) is 3. The number of carbonyl (C=O) groups is 1. The summed E-state index contributed by atoms with van der Waals surface area (Å²) in [4.78, 5) is 11.0. The third-order valence-electron chi connectivity index (χ3n) is 4.49. The van der Waals surface area contributed by atoms with E-state index in [1.54, 1.807) is 36.9 Å². The molecule has 2 unspecified atom stereocenters. The molecule has 31 heavy (non-hydrogen) atoms. The minimum Gasteiger partial charge on any atom is -0.478 e. The van der Waals surface area contributed by atoms with Crippen LogP contribution in [0.2, 0.25) is 0 Å². The van der Waals surface area contributed by atoms with Gasteiger partial charge in [-0.05, 0) is 44.4 Å². The summed E-state index contributed by atoms with van der Waals surface area (Å²) in [5, 5.41) is 27.2. The fraction of sp³-hybridized carbons (Fsp3) is 0.417. The van der Waals surface area contributed by atoms with Crippen molar-refractivity contribution < 1.29 is 19.7 Å². The van der Waals surface area contributed by atoms with Crippen LogP contribution in [0.25, 0.3) is 0 Å². The first-order chi connectivity index (χ1) is 14.7. The number of benzene rings is 1. The van der Waals surface area contributed by atoms with E-state index in [0.29, 0.717) is 29.4 Å². The number of aryl methyl sites for hydroxylation is 3. The van der Waals surface area contributed by atoms with Gasteiger partial charge in [-0.2, -0.15) is 5.10 Å². The van der Waals surface area contributed by atoms with Crippen LogP contribution in [0.4, 0.5) is 0 Å². The lowest BCUT2D eigenvalue weighted by molar-refractivity contribution is -0.132. The molecule has 0 saturated heterocycles. The number of rotatable bonds is 9. The lowest BCUT2D eigenvalue weighted by Gasteiger charge is -2.17. The minimum atomic E-state index is -0.972. The summed E-state index contributed by atoms with van der Waals surface area (Å²) in [5.74, 6) is 0.189. The molecule has 0 radical (unpaired) electrons. The van der Waals surface area contributed by atoms with Gasteiger partial charge in [0.05, 0.1) is 16.8 Å². The molecule has 0 aliphatic heterocycles. The van der Waals surface area contributed by atoms with E-state index in [2.05, 4.69) is 10.4 Å². The molecule has 0 amide bonds. The van der Waals surface area contributed by atoms with Crippen molar-refractivity contribution in [2.45, 2.75) is 47.8 Å². The van der Waals surface area contributed by atoms with Crippen LogP contribution in [-0.4, -0.2) is 32.5 Å². The number of aromatic nitrogens is 2. The molecule has 0 saturated carbocycles. The third-order valence-corrected chi connectivity index (χ3v) is 4.49. The van der Waals surface area contributed by atoms with Crippen LogP contribution in [0.1, 0.15) is 50.7 Å². The molecular formula is C24H35N3O4. The van der Waals surface area contributed by atoms with Gasteiger partial charge in [-0.3, -0.25) is 5.32 Å². The molecule has 2 atom stereocenters. The van der Waals surface area contributed by atoms with Crippen LogP contribution >= 0.6 is 0 Å². The molecule has 1 aromatic heterocycles. The molecule has 3 N–H and O–H groups in total. The second-order valence-electron chi connectivity index (χ2n) is 7.04. The molecule has 0 fully saturated rings. The fourth-order valence-corrected chi connectivity index (χ4v) is 2.91. The highest BCUT2D eigenvalue weighted by molar-refractivity contribution is 5.89. The van der Waals surface area contributed by atoms with Crippen LogP contribution in [0.3, 0.4) is 0 Å². The summed E-state index contributed by atoms with van der Waals surface area (Å²) in [6.45, 7) is 11.9. The van der Waals surface area contributed by atoms with Gasteiger partial charge in [-0.25, -0.2) is 9.48 Å². The number of aliphatic hydroxyl groups excluding tert-OH is 1. The zero-order valence-corrected chi connectivity index (χ0v) is 19.5. The Kier molecular flexibility index (Phi) is 10.7. The Bertz CT molecular complexity index is 916. The van der Waals surface area contributed by atoms with E-state index in [0.717, 1.165) is 5.56 Å². The second kappa shape index (κ2) is 12.7. The Morgan fingerprint density at radius 2 is 2.00 bits per heavy atom. The number of carboxylic acid groups (broad SMARTS) is 1. The number of carboxylic acids is 1. The van der Waals surface area contributed by atoms with Gasteiger partial charge in [0, 0.05) is 13.6 Å². The quantitative estimate of drug-likeness (QED) is 0.305. The summed E-state index contributed by atoms with van der Waals surface area (Å²) in [5.41, 5.74) is 2.55. The molecule has 0 bridgehead atoms. The number of aliphatic hydroxyl groups is 1. The largest absolute Gasteiger partial charge is 0.478 e. The van der Waals surface area contributed by atoms with Crippen molar-refractivity contribution in [3.63, 3.8) is 0 Å². The SMILES string of the molecule is C/C=C(\C=C/C(C)CNC(O)c1c(C)nn(C)c1Oc1cccc(C)c1)C(=O)O.CC. The highest BCUT2D eigenvalue weighted by atomic mass is 16.5. The first-order valence-corrected chi connectivity index (χ1v) is 10.5. The van der Waals surface area contributed by atoms with Crippen molar-refractivity contribution in [1.29, 1.82) is 0 Å². The fourth-order valence-electron chi connectivity index (χ4n) is 2.91. The monoisotopic (exact) mass is 429 g/mol. The van der Waals surface area contributed by atoms with Gasteiger partial charge in [0.1, 0.15) is 12.0 Å². The van der Waals surface area contributed by atoms with Gasteiger partial charge < -0.3 is 14.9 Å². The van der Waals surface area contributed by atoms with Crippen LogP contribution in [0.15, 0.2) is 48.1 Å². The molecule has 170 valence electrons. The van der Waals surface area contributed by atoms with E-state index >= 15 is 0 Å². The van der Waals surface area contributed by atoms with E-state index in [4.69, 9.17) is 9.84 Å². The third kappa shape index (κ3) is 7.70. The smallest absolute Gasteiger partial charge is 0.335 e. The standard InChI is InChI=1S/C22H29N3O4.C2H6/c1-6-17(22(27)28)11-10-15(3)13-23-20(26)19-16(4)24-25(5)21(19)29-18-9-7-8-14(2)12-18;1-2/h6-12,15,20,23,26H,13H2,1-5H3,(H,27,28);1-2H3/b11-10-,17-6+;. The molecule has 0 spiro atoms. The van der Waals surface area contributed by atoms with Gasteiger partial charge in [-0.1, -0.05) is 51.1 Å². The Morgan fingerprint density at radius 1 is 1.32 bits per heavy atom. The number of allylic oxidation sites excluding steroid dienone is 1. The Morgan fingerprint density at radius 3 is 2.58 bits per heavy atom. The normalized spacial score (nSPS) is 13.5. The highest BCUT2D eigenvalue weighted by Crippen LogP contribution is 2.31. The highest BCUT2D eigenvalue weighted by Gasteiger charge is 2.22. The summed E-state index contributed by atoms with van der Waals surface area (Å²) >= 11 is 0. The van der Waals surface area contributed by atoms with Crippen LogP contribution < -0.4 is 10.1 Å². The zero-order valence-electron chi connectivity index (χ0n) is 19.5. The van der Waals surface area contributed by atoms with Crippen LogP contribution in [0.5, 0.6) is 11.6 Å². The molecule has 1 aromatic carbocycles. The molecule has 7 heteroatoms. The molecule has 1 heterocycles. The van der Waals surface area contributed by atoms with Crippen LogP contribution in [-0.2, 0) is 11.8 Å². The van der Waals surface area contributed by atoms with Gasteiger partial charge in [0.15, 0.2) is 0 Å². The summed E-state index contributed by atoms with van der Waals surface area (Å²) in [6.07, 6.45) is 3.94. The van der Waals surface area contributed by atoms with Crippen molar-refractivity contribution >= 4 is 5.97 Å². The van der Waals surface area contributed by atoms with Crippen molar-refractivity contribution in [2.24, 2.45) is 13.0 Å². The molecule has 2 rings (SSSR count). The number of aliphatic carboxylic acids is 1. The number of ether oxygens (including phenoxy) is 1. The van der Waals surface area contributed by atoms with E-state index in [9.17, 15) is 9.90 Å². The van der Waals surface area contributed by atoms with Crippen molar-refractivity contribution in [1.82, 2.24) is 15.1 Å². The second-order valence-corrected chi connectivity index (χ2v) is 7.04. The summed E-state index contributed by atoms with van der Waals surface area (Å²) < 4.78 is 7.61. The van der Waals surface area contributed by atoms with E-state index in [-0.39, 0.29) is 11.5 Å². The Balaban J connectivity index is 0.00000233. The predicted octanol–water partition coefficient (Wildman–Crippen LogP) is 4.66. The molecule has 7 nitrogen and oxygen atoms in total. The molecule has 0 aliphatic rings. The average molecular weight is 430 g/mol. The number of hydrogen-bond acceptors (Lipinski definition) is 5. The predicted molar refractivity (Wildman–Crippen MR) is 123 cm³/mol. The number of nitrogens with zero attached hydrogens (tertiary/aromatic N) is 2. The topological polar surface area (TPSA) is 96.6 Å². The van der Waals surface area contributed by atoms with Gasteiger partial charge >= 0.3 is 5.97 Å². The van der Waals surface area contributed by atoms with Crippen molar-refractivity contribution in [3.05, 3.63) is 64.9 Å². The summed E-state index contributed by atoms with van der Waals surface area (Å²) in [6, 6.07) is 7.66. The first kappa shape index (κ1) is 26.1. The maximum atomic E-state index is 11.0. The lowest BCUT2D eigenvalue weighted by atomic mass is 10.1. The van der Waals surface area contributed by atoms with Crippen molar-refractivity contribution in [2.75, 3.05) is 6.54 Å². The van der Waals surface area contributed by atoms with Gasteiger partial charge in [-0.15, -0.1) is 0 Å². The maximum absolute atomic E-state index is 11.0. The van der Waals surface area contributed by atoms with Crippen molar-refractivity contribution in [3.8, 4) is 11.6 Å². The zero-order chi connectivity index (χ0) is 23.6. The van der Waals surface area contributed by atoms with Crippen LogP contribution in [0, 0.1) is 19.8 Å². The summed E-state index contributed by atoms with van der Waals surface area (Å²) in [7, 11) is 1.77. The Hall–Kier alpha value is -2.90. The maximum Gasteiger partial charge on any atom is 0.335 e. The lowest BCUT2D eigenvalue weighted by Crippen LogP contribution is -2.26. The Labute approximate surface area is 185 Å². The molecule has 0 aliphatic carbocycles. The molecular weight excluding hydrogens is 394 g/mol. The van der Waals surface area contributed by atoms with Gasteiger partial charge in [0.25, 0.3) is 0 Å². The average Bonchev–Trinajstić information content (AvgIpc) is 3.00. The number of nitrogens with one attached hydrogen (secondary N) is 1. The van der Waals surface area contributed by atoms with E-state index in [1.165, 1.54) is 0 Å². The van der Waals surface area contributed by atoms with E-state index < -0.39 is 12.2 Å². The first-order valence-electron chi connectivity index (χ1n) is 10.5. The van der Waals surface area contributed by atoms with E-state index in [1.807, 2.05) is 58.9 Å². The molecule has 2 aromatic rings.